The fraction of sp³-hybridized carbons (Fsp3) is 0.560. The number of hydrogen-bond donors (Lipinski definition) is 2. The molecule has 1 aliphatic rings. The highest BCUT2D eigenvalue weighted by molar-refractivity contribution is 5.69. The highest BCUT2D eigenvalue weighted by atomic mass is 19.3. The monoisotopic (exact) mass is 452 g/mol. The average Bonchev–Trinajstić information content (AvgIpc) is 3.00. The van der Waals surface area contributed by atoms with E-state index in [1.165, 1.54) is 6.08 Å². The van der Waals surface area contributed by atoms with Crippen molar-refractivity contribution >= 4 is 5.97 Å². The Morgan fingerprint density at radius 3 is 2.59 bits per heavy atom. The van der Waals surface area contributed by atoms with Gasteiger partial charge in [-0.2, -0.15) is 8.78 Å². The number of halogens is 2. The fourth-order valence-electron chi connectivity index (χ4n) is 3.76. The number of para-hydroxylation sites is 1. The molecule has 0 aliphatic heterocycles. The summed E-state index contributed by atoms with van der Waals surface area (Å²) in [6.07, 6.45) is 6.33. The molecule has 1 aromatic carbocycles. The Bertz CT molecular complexity index is 748. The van der Waals surface area contributed by atoms with Crippen molar-refractivity contribution in [1.82, 2.24) is 0 Å². The van der Waals surface area contributed by atoms with E-state index in [-0.39, 0.29) is 24.4 Å². The largest absolute Gasteiger partial charge is 0.487 e. The van der Waals surface area contributed by atoms with Crippen LogP contribution >= 0.6 is 0 Å². The summed E-state index contributed by atoms with van der Waals surface area (Å²) >= 11 is 0. The van der Waals surface area contributed by atoms with Crippen LogP contribution in [0.1, 0.15) is 46.0 Å². The molecule has 0 aromatic heterocycles. The van der Waals surface area contributed by atoms with Crippen LogP contribution in [0.15, 0.2) is 54.6 Å². The van der Waals surface area contributed by atoms with Crippen molar-refractivity contribution in [3.63, 3.8) is 0 Å². The van der Waals surface area contributed by atoms with E-state index in [0.29, 0.717) is 31.4 Å². The van der Waals surface area contributed by atoms with Gasteiger partial charge in [-0.1, -0.05) is 36.4 Å². The van der Waals surface area contributed by atoms with Crippen LogP contribution in [0.25, 0.3) is 0 Å². The average molecular weight is 453 g/mol. The highest BCUT2D eigenvalue weighted by Crippen LogP contribution is 2.37. The van der Waals surface area contributed by atoms with Gasteiger partial charge in [0.2, 0.25) is 0 Å². The summed E-state index contributed by atoms with van der Waals surface area (Å²) in [6.45, 7) is 2.80. The molecule has 4 atom stereocenters. The van der Waals surface area contributed by atoms with Gasteiger partial charge < -0.3 is 19.7 Å². The Morgan fingerprint density at radius 1 is 1.19 bits per heavy atom. The summed E-state index contributed by atoms with van der Waals surface area (Å²) < 4.78 is 38.7. The Kier molecular flexibility index (Phi) is 10.3. The Balaban J connectivity index is 1.83. The van der Waals surface area contributed by atoms with Crippen LogP contribution < -0.4 is 4.74 Å². The van der Waals surface area contributed by atoms with Gasteiger partial charge in [-0.25, -0.2) is 0 Å². The number of alkyl halides is 2. The second kappa shape index (κ2) is 12.7. The molecule has 1 fully saturated rings. The molecule has 5 nitrogen and oxygen atoms in total. The minimum atomic E-state index is -3.20. The maximum atomic E-state index is 14.2. The number of unbranched alkanes of at least 4 members (excludes halogenated alkanes) is 1. The second-order valence-electron chi connectivity index (χ2n) is 8.47. The lowest BCUT2D eigenvalue weighted by atomic mass is 9.89. The predicted octanol–water partition coefficient (Wildman–Crippen LogP) is 4.68. The molecule has 0 unspecified atom stereocenters. The Hall–Kier alpha value is -2.25. The van der Waals surface area contributed by atoms with Crippen molar-refractivity contribution < 1.29 is 33.3 Å². The predicted molar refractivity (Wildman–Crippen MR) is 118 cm³/mol. The Morgan fingerprint density at radius 2 is 1.91 bits per heavy atom. The van der Waals surface area contributed by atoms with E-state index in [0.717, 1.165) is 6.08 Å². The number of benzene rings is 1. The normalized spacial score (nSPS) is 24.0. The summed E-state index contributed by atoms with van der Waals surface area (Å²) in [6, 6.07) is 8.39. The summed E-state index contributed by atoms with van der Waals surface area (Å²) in [5.74, 6) is -4.00. The minimum Gasteiger partial charge on any atom is -0.487 e. The van der Waals surface area contributed by atoms with Crippen LogP contribution in [0, 0.1) is 11.8 Å². The van der Waals surface area contributed by atoms with Gasteiger partial charge in [0.1, 0.15) is 5.75 Å². The van der Waals surface area contributed by atoms with E-state index in [2.05, 4.69) is 0 Å². The molecule has 1 saturated carbocycles. The lowest BCUT2D eigenvalue weighted by molar-refractivity contribution is -0.147. The number of allylic oxidation sites excluding steroid dienone is 2. The molecule has 2 N–H and O–H groups in total. The Labute approximate surface area is 188 Å². The quantitative estimate of drug-likeness (QED) is 0.274. The van der Waals surface area contributed by atoms with E-state index in [9.17, 15) is 23.8 Å². The molecule has 0 bridgehead atoms. The number of hydrogen-bond acceptors (Lipinski definition) is 5. The second-order valence-corrected chi connectivity index (χ2v) is 8.47. The summed E-state index contributed by atoms with van der Waals surface area (Å²) in [5.41, 5.74) is 0. The lowest BCUT2D eigenvalue weighted by Gasteiger charge is -2.20. The van der Waals surface area contributed by atoms with Crippen molar-refractivity contribution in [1.29, 1.82) is 0 Å². The van der Waals surface area contributed by atoms with Gasteiger partial charge in [0, 0.05) is 18.8 Å². The third-order valence-corrected chi connectivity index (χ3v) is 5.35. The van der Waals surface area contributed by atoms with E-state index < -0.39 is 30.7 Å². The highest BCUT2D eigenvalue weighted by Gasteiger charge is 2.40. The first-order chi connectivity index (χ1) is 15.2. The third kappa shape index (κ3) is 9.09. The zero-order valence-corrected chi connectivity index (χ0v) is 18.7. The minimum absolute atomic E-state index is 0.129. The first-order valence-corrected chi connectivity index (χ1v) is 11.1. The number of aliphatic hydroxyl groups is 2. The zero-order chi connectivity index (χ0) is 23.6. The molecule has 0 spiro atoms. The SMILES string of the molecule is CC(C)OC(=O)CCC/C=C\C[C@H]1[C@H](/C=C/C(F)(F)COc2ccccc2)[C@@H](O)C[C@H]1O. The van der Waals surface area contributed by atoms with E-state index in [1.54, 1.807) is 44.2 Å². The molecule has 0 saturated heterocycles. The molecule has 178 valence electrons. The van der Waals surface area contributed by atoms with Crippen LogP contribution in [-0.2, 0) is 9.53 Å². The lowest BCUT2D eigenvalue weighted by Crippen LogP contribution is -2.25. The molecule has 0 heterocycles. The molecule has 0 amide bonds. The molecular formula is C25H34F2O5. The molecular weight excluding hydrogens is 418 g/mol. The summed E-state index contributed by atoms with van der Waals surface area (Å²) in [5, 5.41) is 20.5. The number of ether oxygens (including phenoxy) is 2. The fourth-order valence-corrected chi connectivity index (χ4v) is 3.76. The number of aliphatic hydroxyl groups excluding tert-OH is 2. The topological polar surface area (TPSA) is 76.0 Å². The molecule has 32 heavy (non-hydrogen) atoms. The number of rotatable bonds is 12. The van der Waals surface area contributed by atoms with Gasteiger partial charge in [-0.15, -0.1) is 0 Å². The number of esters is 1. The van der Waals surface area contributed by atoms with E-state index in [4.69, 9.17) is 9.47 Å². The van der Waals surface area contributed by atoms with Gasteiger partial charge in [-0.05, 0) is 57.2 Å². The standard InChI is InChI=1S/C25H34F2O5/c1-18(2)32-24(30)13-9-4-3-8-12-20-21(23(29)16-22(20)28)14-15-25(26,27)17-31-19-10-6-5-7-11-19/h3,5-8,10-11,14-15,18,20-23,28-29H,4,9,12-13,16-17H2,1-2H3/b8-3-,15-14+/t20-,21-,22+,23-/m0/s1. The summed E-state index contributed by atoms with van der Waals surface area (Å²) in [4.78, 5) is 11.5. The maximum Gasteiger partial charge on any atom is 0.306 e. The van der Waals surface area contributed by atoms with Crippen molar-refractivity contribution in [2.45, 2.75) is 70.2 Å². The summed E-state index contributed by atoms with van der Waals surface area (Å²) in [7, 11) is 0. The maximum absolute atomic E-state index is 14.2. The van der Waals surface area contributed by atoms with Crippen molar-refractivity contribution in [3.05, 3.63) is 54.6 Å². The smallest absolute Gasteiger partial charge is 0.306 e. The van der Waals surface area contributed by atoms with Crippen LogP contribution in [0.5, 0.6) is 5.75 Å². The van der Waals surface area contributed by atoms with Crippen LogP contribution in [0.3, 0.4) is 0 Å². The van der Waals surface area contributed by atoms with Crippen molar-refractivity contribution in [2.75, 3.05) is 6.61 Å². The first kappa shape index (κ1) is 26.0. The first-order valence-electron chi connectivity index (χ1n) is 11.1. The van der Waals surface area contributed by atoms with Crippen molar-refractivity contribution in [2.24, 2.45) is 11.8 Å². The van der Waals surface area contributed by atoms with E-state index in [1.807, 2.05) is 12.2 Å². The van der Waals surface area contributed by atoms with Gasteiger partial charge in [-0.3, -0.25) is 4.79 Å². The molecule has 0 radical (unpaired) electrons. The van der Waals surface area contributed by atoms with Gasteiger partial charge in [0.25, 0.3) is 5.92 Å². The number of carbonyl (C=O) groups excluding carboxylic acids is 1. The molecule has 7 heteroatoms. The van der Waals surface area contributed by atoms with Gasteiger partial charge in [0.15, 0.2) is 6.61 Å². The zero-order valence-electron chi connectivity index (χ0n) is 18.7. The van der Waals surface area contributed by atoms with Gasteiger partial charge >= 0.3 is 5.97 Å². The number of carbonyl (C=O) groups is 1. The third-order valence-electron chi connectivity index (χ3n) is 5.35. The van der Waals surface area contributed by atoms with Crippen LogP contribution in [0.4, 0.5) is 8.78 Å². The van der Waals surface area contributed by atoms with Crippen molar-refractivity contribution in [3.8, 4) is 5.75 Å². The van der Waals surface area contributed by atoms with Gasteiger partial charge in [0.05, 0.1) is 18.3 Å². The van der Waals surface area contributed by atoms with Crippen LogP contribution in [-0.4, -0.2) is 47.0 Å². The molecule has 2 rings (SSSR count). The van der Waals surface area contributed by atoms with E-state index >= 15 is 0 Å². The molecule has 1 aliphatic carbocycles. The molecule has 1 aromatic rings. The van der Waals surface area contributed by atoms with Crippen LogP contribution in [0.2, 0.25) is 0 Å².